The van der Waals surface area contributed by atoms with Gasteiger partial charge in [-0.25, -0.2) is 4.79 Å². The number of piperidine rings is 1. The van der Waals surface area contributed by atoms with Crippen LogP contribution in [0.3, 0.4) is 0 Å². The highest BCUT2D eigenvalue weighted by molar-refractivity contribution is 5.76. The van der Waals surface area contributed by atoms with Crippen LogP contribution < -0.4 is 5.32 Å². The molecule has 6 heteroatoms. The Morgan fingerprint density at radius 3 is 2.80 bits per heavy atom. The average molecular weight is 282 g/mol. The number of rotatable bonds is 4. The quantitative estimate of drug-likeness (QED) is 0.666. The number of aliphatic carboxylic acids is 1. The van der Waals surface area contributed by atoms with Gasteiger partial charge in [0.1, 0.15) is 0 Å². The lowest BCUT2D eigenvalue weighted by molar-refractivity contribution is -0.140. The van der Waals surface area contributed by atoms with E-state index in [0.717, 1.165) is 25.8 Å². The summed E-state index contributed by atoms with van der Waals surface area (Å²) in [6.07, 6.45) is 6.55. The van der Waals surface area contributed by atoms with Gasteiger partial charge in [-0.1, -0.05) is 12.2 Å². The molecule has 0 bridgehead atoms. The summed E-state index contributed by atoms with van der Waals surface area (Å²) >= 11 is 0. The molecule has 3 unspecified atom stereocenters. The maximum Gasteiger partial charge on any atom is 0.317 e. The van der Waals surface area contributed by atoms with Crippen LogP contribution in [0, 0.1) is 11.8 Å². The highest BCUT2D eigenvalue weighted by Crippen LogP contribution is 2.21. The SMILES string of the molecule is O=C(O)C1C=CC(NC(=O)N2CCCC(CCO)C2)C1. The maximum absolute atomic E-state index is 12.2. The fourth-order valence-electron chi connectivity index (χ4n) is 2.91. The highest BCUT2D eigenvalue weighted by Gasteiger charge is 2.28. The Balaban J connectivity index is 1.80. The minimum Gasteiger partial charge on any atom is -0.481 e. The van der Waals surface area contributed by atoms with Gasteiger partial charge in [-0.3, -0.25) is 4.79 Å². The third kappa shape index (κ3) is 3.72. The van der Waals surface area contributed by atoms with E-state index in [2.05, 4.69) is 5.32 Å². The van der Waals surface area contributed by atoms with Crippen molar-refractivity contribution in [3.8, 4) is 0 Å². The van der Waals surface area contributed by atoms with Crippen molar-refractivity contribution >= 4 is 12.0 Å². The van der Waals surface area contributed by atoms with E-state index in [0.29, 0.717) is 18.9 Å². The Bertz CT molecular complexity index is 395. The summed E-state index contributed by atoms with van der Waals surface area (Å²) in [5.74, 6) is -0.979. The number of aliphatic hydroxyl groups excluding tert-OH is 1. The van der Waals surface area contributed by atoms with Gasteiger partial charge in [-0.15, -0.1) is 0 Å². The van der Waals surface area contributed by atoms with Crippen molar-refractivity contribution in [2.45, 2.75) is 31.7 Å². The van der Waals surface area contributed by atoms with Gasteiger partial charge in [0.2, 0.25) is 0 Å². The molecule has 0 aromatic rings. The second-order valence-electron chi connectivity index (χ2n) is 5.59. The van der Waals surface area contributed by atoms with Gasteiger partial charge in [0.15, 0.2) is 0 Å². The predicted octanol–water partition coefficient (Wildman–Crippen LogP) is 0.820. The van der Waals surface area contributed by atoms with Crippen LogP contribution in [0.15, 0.2) is 12.2 Å². The lowest BCUT2D eigenvalue weighted by atomic mass is 9.95. The van der Waals surface area contributed by atoms with Crippen molar-refractivity contribution in [3.63, 3.8) is 0 Å². The van der Waals surface area contributed by atoms with Crippen LogP contribution in [0.4, 0.5) is 4.79 Å². The van der Waals surface area contributed by atoms with E-state index in [1.807, 2.05) is 0 Å². The minimum atomic E-state index is -0.848. The summed E-state index contributed by atoms with van der Waals surface area (Å²) < 4.78 is 0. The number of amides is 2. The van der Waals surface area contributed by atoms with Gasteiger partial charge < -0.3 is 20.4 Å². The predicted molar refractivity (Wildman–Crippen MR) is 73.2 cm³/mol. The number of likely N-dealkylation sites (tertiary alicyclic amines) is 1. The van der Waals surface area contributed by atoms with E-state index >= 15 is 0 Å². The van der Waals surface area contributed by atoms with Gasteiger partial charge in [0.25, 0.3) is 0 Å². The monoisotopic (exact) mass is 282 g/mol. The molecule has 0 aromatic carbocycles. The number of nitrogens with zero attached hydrogens (tertiary/aromatic N) is 1. The van der Waals surface area contributed by atoms with Crippen LogP contribution in [0.5, 0.6) is 0 Å². The molecule has 3 atom stereocenters. The van der Waals surface area contributed by atoms with Crippen LogP contribution >= 0.6 is 0 Å². The van der Waals surface area contributed by atoms with Gasteiger partial charge in [-0.05, 0) is 31.6 Å². The van der Waals surface area contributed by atoms with Gasteiger partial charge in [-0.2, -0.15) is 0 Å². The molecule has 0 aromatic heterocycles. The largest absolute Gasteiger partial charge is 0.481 e. The van der Waals surface area contributed by atoms with Gasteiger partial charge in [0, 0.05) is 19.7 Å². The van der Waals surface area contributed by atoms with Crippen LogP contribution in [-0.4, -0.2) is 52.9 Å². The summed E-state index contributed by atoms with van der Waals surface area (Å²) in [5, 5.41) is 20.8. The summed E-state index contributed by atoms with van der Waals surface area (Å²) in [6, 6.07) is -0.324. The fourth-order valence-corrected chi connectivity index (χ4v) is 2.91. The molecule has 1 saturated heterocycles. The van der Waals surface area contributed by atoms with Crippen molar-refractivity contribution in [2.75, 3.05) is 19.7 Å². The molecule has 2 rings (SSSR count). The number of hydrogen-bond acceptors (Lipinski definition) is 3. The van der Waals surface area contributed by atoms with Crippen molar-refractivity contribution < 1.29 is 19.8 Å². The molecule has 6 nitrogen and oxygen atoms in total. The topological polar surface area (TPSA) is 89.9 Å². The molecular weight excluding hydrogens is 260 g/mol. The maximum atomic E-state index is 12.2. The summed E-state index contributed by atoms with van der Waals surface area (Å²) in [6.45, 7) is 1.56. The van der Waals surface area contributed by atoms with Gasteiger partial charge in [0.05, 0.1) is 12.0 Å². The third-order valence-electron chi connectivity index (χ3n) is 4.05. The van der Waals surface area contributed by atoms with Crippen LogP contribution in [-0.2, 0) is 4.79 Å². The molecule has 3 N–H and O–H groups in total. The molecule has 112 valence electrons. The molecule has 20 heavy (non-hydrogen) atoms. The van der Waals surface area contributed by atoms with E-state index < -0.39 is 11.9 Å². The Morgan fingerprint density at radius 1 is 1.35 bits per heavy atom. The number of urea groups is 1. The number of nitrogens with one attached hydrogen (secondary N) is 1. The molecular formula is C14H22N2O4. The van der Waals surface area contributed by atoms with Crippen molar-refractivity contribution in [1.82, 2.24) is 10.2 Å². The molecule has 1 aliphatic heterocycles. The van der Waals surface area contributed by atoms with Crippen LogP contribution in [0.25, 0.3) is 0 Å². The van der Waals surface area contributed by atoms with Crippen LogP contribution in [0.2, 0.25) is 0 Å². The minimum absolute atomic E-state index is 0.131. The van der Waals surface area contributed by atoms with Crippen LogP contribution in [0.1, 0.15) is 25.7 Å². The molecule has 2 amide bonds. The zero-order valence-electron chi connectivity index (χ0n) is 11.5. The normalized spacial score (nSPS) is 29.4. The standard InChI is InChI=1S/C14H22N2O4/c17-7-5-10-2-1-6-16(9-10)14(20)15-12-4-3-11(8-12)13(18)19/h3-4,10-12,17H,1-2,5-9H2,(H,15,20)(H,18,19). The third-order valence-corrected chi connectivity index (χ3v) is 4.05. The smallest absolute Gasteiger partial charge is 0.317 e. The number of carboxylic acid groups (broad SMARTS) is 1. The Hall–Kier alpha value is -1.56. The Labute approximate surface area is 118 Å². The molecule has 1 aliphatic carbocycles. The highest BCUT2D eigenvalue weighted by atomic mass is 16.4. The second-order valence-corrected chi connectivity index (χ2v) is 5.59. The van der Waals surface area contributed by atoms with Crippen molar-refractivity contribution in [2.24, 2.45) is 11.8 Å². The Kier molecular flexibility index (Phi) is 5.00. The van der Waals surface area contributed by atoms with Gasteiger partial charge >= 0.3 is 12.0 Å². The van der Waals surface area contributed by atoms with E-state index in [-0.39, 0.29) is 18.7 Å². The van der Waals surface area contributed by atoms with E-state index in [1.165, 1.54) is 0 Å². The molecule has 1 heterocycles. The summed E-state index contributed by atoms with van der Waals surface area (Å²) in [4.78, 5) is 24.8. The van der Waals surface area contributed by atoms with Crippen molar-refractivity contribution in [1.29, 1.82) is 0 Å². The first-order chi connectivity index (χ1) is 9.60. The molecule has 0 saturated carbocycles. The zero-order valence-corrected chi connectivity index (χ0v) is 11.5. The van der Waals surface area contributed by atoms with E-state index in [4.69, 9.17) is 10.2 Å². The van der Waals surface area contributed by atoms with Crippen molar-refractivity contribution in [3.05, 3.63) is 12.2 Å². The fraction of sp³-hybridized carbons (Fsp3) is 0.714. The number of carboxylic acids is 1. The Morgan fingerprint density at radius 2 is 2.15 bits per heavy atom. The number of carbonyl (C=O) groups excluding carboxylic acids is 1. The molecule has 1 fully saturated rings. The first kappa shape index (κ1) is 14.8. The summed E-state index contributed by atoms with van der Waals surface area (Å²) in [5.41, 5.74) is 0. The molecule has 2 aliphatic rings. The lowest BCUT2D eigenvalue weighted by Gasteiger charge is -2.33. The first-order valence-electron chi connectivity index (χ1n) is 7.17. The zero-order chi connectivity index (χ0) is 14.5. The lowest BCUT2D eigenvalue weighted by Crippen LogP contribution is -2.48. The number of carbonyl (C=O) groups is 2. The summed E-state index contributed by atoms with van der Waals surface area (Å²) in [7, 11) is 0. The van der Waals surface area contributed by atoms with E-state index in [1.54, 1.807) is 17.1 Å². The molecule has 0 spiro atoms. The number of hydrogen-bond donors (Lipinski definition) is 3. The first-order valence-corrected chi connectivity index (χ1v) is 7.17. The number of aliphatic hydroxyl groups is 1. The second kappa shape index (κ2) is 6.74. The average Bonchev–Trinajstić information content (AvgIpc) is 2.88. The van der Waals surface area contributed by atoms with E-state index in [9.17, 15) is 9.59 Å². The molecule has 0 radical (unpaired) electrons.